The summed E-state index contributed by atoms with van der Waals surface area (Å²) in [5.41, 5.74) is -0.180. The fourth-order valence-electron chi connectivity index (χ4n) is 4.69. The van der Waals surface area contributed by atoms with Crippen LogP contribution in [0.4, 0.5) is 4.39 Å². The van der Waals surface area contributed by atoms with E-state index < -0.39 is 17.3 Å². The maximum Gasteiger partial charge on any atom is 0.338 e. The normalized spacial score (nSPS) is 18.4. The largest absolute Gasteiger partial charge is 0.478 e. The van der Waals surface area contributed by atoms with Crippen molar-refractivity contribution in [1.82, 2.24) is 9.47 Å². The molecule has 2 heterocycles. The Morgan fingerprint density at radius 2 is 1.97 bits per heavy atom. The number of aromatic carboxylic acids is 1. The van der Waals surface area contributed by atoms with Gasteiger partial charge in [-0.05, 0) is 67.0 Å². The van der Waals surface area contributed by atoms with Gasteiger partial charge in [-0.1, -0.05) is 6.92 Å². The Hall–Kier alpha value is -3.68. The molecule has 7 nitrogen and oxygen atoms in total. The third-order valence-corrected chi connectivity index (χ3v) is 6.75. The Bertz CT molecular complexity index is 1360. The Morgan fingerprint density at radius 1 is 1.18 bits per heavy atom. The van der Waals surface area contributed by atoms with Gasteiger partial charge in [-0.25, -0.2) is 9.18 Å². The summed E-state index contributed by atoms with van der Waals surface area (Å²) >= 11 is 0. The molecule has 1 aliphatic carbocycles. The highest BCUT2D eigenvalue weighted by Gasteiger charge is 2.28. The fraction of sp³-hybridized carbons (Fsp3) is 0.346. The average Bonchev–Trinajstić information content (AvgIpc) is 3.07. The molecule has 2 aliphatic rings. The number of aromatic nitrogens is 1. The molecule has 2 fully saturated rings. The van der Waals surface area contributed by atoms with Crippen LogP contribution in [-0.4, -0.2) is 33.0 Å². The second-order valence-electron chi connectivity index (χ2n) is 9.29. The number of carbonyl (C=O) groups is 2. The molecule has 3 aromatic rings. The van der Waals surface area contributed by atoms with Crippen LogP contribution >= 0.6 is 0 Å². The molecule has 1 aromatic heterocycles. The smallest absolute Gasteiger partial charge is 0.338 e. The number of rotatable bonds is 6. The number of halogens is 1. The van der Waals surface area contributed by atoms with Crippen LogP contribution in [-0.2, 0) is 11.3 Å². The van der Waals surface area contributed by atoms with Crippen molar-refractivity contribution in [2.24, 2.45) is 5.92 Å². The van der Waals surface area contributed by atoms with E-state index in [1.807, 2.05) is 13.0 Å². The van der Waals surface area contributed by atoms with Crippen molar-refractivity contribution in [3.05, 3.63) is 69.9 Å². The zero-order chi connectivity index (χ0) is 24.0. The summed E-state index contributed by atoms with van der Waals surface area (Å²) in [5, 5.41) is 10.6. The van der Waals surface area contributed by atoms with Crippen LogP contribution in [0.25, 0.3) is 10.8 Å². The quantitative estimate of drug-likeness (QED) is 0.570. The summed E-state index contributed by atoms with van der Waals surface area (Å²) in [4.78, 5) is 38.3. The van der Waals surface area contributed by atoms with Gasteiger partial charge in [0.2, 0.25) is 5.91 Å². The molecule has 1 atom stereocenters. The van der Waals surface area contributed by atoms with E-state index in [1.165, 1.54) is 0 Å². The number of carboxylic acid groups (broad SMARTS) is 1. The second-order valence-corrected chi connectivity index (χ2v) is 9.29. The van der Waals surface area contributed by atoms with Gasteiger partial charge in [0.25, 0.3) is 5.56 Å². The standard InChI is InChI=1S/C26H25FN2O5/c1-15-9-24(30)28(13-15)14-17-11-22(27)21(26(32)33)12-23(17)34-19-5-6-20-16(10-19)7-8-29(25(20)31)18-3-2-4-18/h5-8,10-12,15,18H,2-4,9,13-14H2,1H3,(H,32,33). The van der Waals surface area contributed by atoms with Gasteiger partial charge in [-0.3, -0.25) is 9.59 Å². The number of hydrogen-bond donors (Lipinski definition) is 1. The number of nitrogens with zero attached hydrogens (tertiary/aromatic N) is 2. The molecule has 34 heavy (non-hydrogen) atoms. The second kappa shape index (κ2) is 8.59. The monoisotopic (exact) mass is 464 g/mol. The number of fused-ring (bicyclic) bond motifs is 1. The first-order chi connectivity index (χ1) is 16.3. The summed E-state index contributed by atoms with van der Waals surface area (Å²) in [7, 11) is 0. The molecule has 2 aromatic carbocycles. The van der Waals surface area contributed by atoms with Crippen LogP contribution in [0.5, 0.6) is 11.5 Å². The predicted molar refractivity (Wildman–Crippen MR) is 124 cm³/mol. The fourth-order valence-corrected chi connectivity index (χ4v) is 4.69. The maximum absolute atomic E-state index is 14.5. The first-order valence-corrected chi connectivity index (χ1v) is 11.5. The van der Waals surface area contributed by atoms with Gasteiger partial charge in [-0.2, -0.15) is 0 Å². The van der Waals surface area contributed by atoms with Crippen LogP contribution in [0.1, 0.15) is 54.6 Å². The lowest BCUT2D eigenvalue weighted by Crippen LogP contribution is -2.28. The van der Waals surface area contributed by atoms with Crippen molar-refractivity contribution >= 4 is 22.6 Å². The Kier molecular flexibility index (Phi) is 5.59. The van der Waals surface area contributed by atoms with E-state index in [0.717, 1.165) is 31.4 Å². The molecule has 1 unspecified atom stereocenters. The van der Waals surface area contributed by atoms with Gasteiger partial charge in [0.15, 0.2) is 0 Å². The number of carboxylic acids is 1. The first kappa shape index (κ1) is 22.1. The minimum absolute atomic E-state index is 0.0328. The number of pyridine rings is 1. The van der Waals surface area contributed by atoms with Gasteiger partial charge in [0.1, 0.15) is 17.3 Å². The van der Waals surface area contributed by atoms with Crippen LogP contribution < -0.4 is 10.3 Å². The van der Waals surface area contributed by atoms with E-state index >= 15 is 0 Å². The third-order valence-electron chi connectivity index (χ3n) is 6.75. The SMILES string of the molecule is CC1CC(=O)N(Cc2cc(F)c(C(=O)O)cc2Oc2ccc3c(=O)n(C4CCC4)ccc3c2)C1. The Morgan fingerprint density at radius 3 is 2.62 bits per heavy atom. The van der Waals surface area contributed by atoms with E-state index in [-0.39, 0.29) is 35.7 Å². The topological polar surface area (TPSA) is 88.8 Å². The lowest BCUT2D eigenvalue weighted by Gasteiger charge is -2.27. The molecule has 0 bridgehead atoms. The number of carbonyl (C=O) groups excluding carboxylic acids is 1. The van der Waals surface area contributed by atoms with Gasteiger partial charge in [0, 0.05) is 42.7 Å². The maximum atomic E-state index is 14.5. The highest BCUT2D eigenvalue weighted by atomic mass is 19.1. The van der Waals surface area contributed by atoms with E-state index in [9.17, 15) is 23.9 Å². The van der Waals surface area contributed by atoms with Crippen molar-refractivity contribution in [3.8, 4) is 11.5 Å². The van der Waals surface area contributed by atoms with Crippen LogP contribution in [0.2, 0.25) is 0 Å². The molecule has 1 saturated carbocycles. The molecule has 0 spiro atoms. The Labute approximate surface area is 195 Å². The molecule has 0 radical (unpaired) electrons. The molecular weight excluding hydrogens is 439 g/mol. The molecule has 1 aliphatic heterocycles. The summed E-state index contributed by atoms with van der Waals surface area (Å²) in [6, 6.07) is 9.42. The molecule has 8 heteroatoms. The minimum atomic E-state index is -1.41. The van der Waals surface area contributed by atoms with Crippen molar-refractivity contribution in [1.29, 1.82) is 0 Å². The summed E-state index contributed by atoms with van der Waals surface area (Å²) in [5.74, 6) is -1.58. The van der Waals surface area contributed by atoms with E-state index in [0.29, 0.717) is 35.1 Å². The number of benzene rings is 2. The van der Waals surface area contributed by atoms with Crippen LogP contribution in [0.15, 0.2) is 47.4 Å². The molecule has 5 rings (SSSR count). The van der Waals surface area contributed by atoms with Crippen LogP contribution in [0, 0.1) is 11.7 Å². The van der Waals surface area contributed by atoms with Crippen LogP contribution in [0.3, 0.4) is 0 Å². The number of hydrogen-bond acceptors (Lipinski definition) is 4. The minimum Gasteiger partial charge on any atom is -0.478 e. The molecule has 1 N–H and O–H groups in total. The molecule has 1 saturated heterocycles. The van der Waals surface area contributed by atoms with Gasteiger partial charge in [0.05, 0.1) is 5.56 Å². The molecule has 176 valence electrons. The van der Waals surface area contributed by atoms with Gasteiger partial charge >= 0.3 is 5.97 Å². The third kappa shape index (κ3) is 4.04. The first-order valence-electron chi connectivity index (χ1n) is 11.5. The highest BCUT2D eigenvalue weighted by Crippen LogP contribution is 2.33. The number of likely N-dealkylation sites (tertiary alicyclic amines) is 1. The van der Waals surface area contributed by atoms with Crippen molar-refractivity contribution < 1.29 is 23.8 Å². The highest BCUT2D eigenvalue weighted by molar-refractivity contribution is 5.89. The van der Waals surface area contributed by atoms with E-state index in [1.54, 1.807) is 33.9 Å². The van der Waals surface area contributed by atoms with Crippen molar-refractivity contribution in [2.75, 3.05) is 6.54 Å². The van der Waals surface area contributed by atoms with E-state index in [2.05, 4.69) is 0 Å². The molecular formula is C26H25FN2O5. The zero-order valence-electron chi connectivity index (χ0n) is 18.8. The van der Waals surface area contributed by atoms with Crippen molar-refractivity contribution in [2.45, 2.75) is 45.2 Å². The van der Waals surface area contributed by atoms with Gasteiger partial charge in [-0.15, -0.1) is 0 Å². The Balaban J connectivity index is 1.49. The summed E-state index contributed by atoms with van der Waals surface area (Å²) in [6.07, 6.45) is 5.36. The summed E-state index contributed by atoms with van der Waals surface area (Å²) < 4.78 is 22.3. The summed E-state index contributed by atoms with van der Waals surface area (Å²) in [6.45, 7) is 2.64. The lowest BCUT2D eigenvalue weighted by molar-refractivity contribution is -0.128. The van der Waals surface area contributed by atoms with E-state index in [4.69, 9.17) is 4.74 Å². The molecule has 1 amide bonds. The zero-order valence-corrected chi connectivity index (χ0v) is 18.8. The lowest BCUT2D eigenvalue weighted by atomic mass is 9.92. The number of amides is 1. The van der Waals surface area contributed by atoms with Gasteiger partial charge < -0.3 is 19.3 Å². The number of ether oxygens (including phenoxy) is 1. The predicted octanol–water partition coefficient (Wildman–Crippen LogP) is 4.72. The van der Waals surface area contributed by atoms with Crippen molar-refractivity contribution in [3.63, 3.8) is 0 Å². The average molecular weight is 464 g/mol.